The van der Waals surface area contributed by atoms with E-state index in [0.29, 0.717) is 44.6 Å². The van der Waals surface area contributed by atoms with Gasteiger partial charge in [-0.15, -0.1) is 0 Å². The van der Waals surface area contributed by atoms with Crippen molar-refractivity contribution in [2.24, 2.45) is 5.92 Å². The molecule has 27 heavy (non-hydrogen) atoms. The van der Waals surface area contributed by atoms with Crippen molar-refractivity contribution in [2.75, 3.05) is 39.0 Å². The van der Waals surface area contributed by atoms with Crippen LogP contribution in [-0.4, -0.2) is 67.9 Å². The van der Waals surface area contributed by atoms with Crippen LogP contribution in [0.2, 0.25) is 0 Å². The van der Waals surface area contributed by atoms with Crippen molar-refractivity contribution in [2.45, 2.75) is 31.6 Å². The van der Waals surface area contributed by atoms with Gasteiger partial charge in [0.2, 0.25) is 10.0 Å². The van der Waals surface area contributed by atoms with Crippen molar-refractivity contribution in [3.63, 3.8) is 0 Å². The van der Waals surface area contributed by atoms with E-state index >= 15 is 0 Å². The molecule has 7 nitrogen and oxygen atoms in total. The number of piperidine rings is 2. The summed E-state index contributed by atoms with van der Waals surface area (Å²) in [7, 11) is -3.10. The monoisotopic (exact) mass is 396 g/mol. The predicted octanol–water partition coefficient (Wildman–Crippen LogP) is 2.59. The van der Waals surface area contributed by atoms with Gasteiger partial charge in [-0.2, -0.15) is 0 Å². The number of ether oxygens (including phenoxy) is 1. The highest BCUT2D eigenvalue weighted by Gasteiger charge is 2.26. The van der Waals surface area contributed by atoms with Crippen molar-refractivity contribution in [1.82, 2.24) is 9.21 Å². The standard InChI is InChI=1S/C19H28N2O5S/c1-27(24,25)21-11-7-16(8-12-21)17-3-2-4-18(13-17)26-14-15-5-9-20(10-6-15)19(22)23/h2-4,13,15-16H,5-12,14H2,1H3,(H,22,23). The molecule has 0 atom stereocenters. The van der Waals surface area contributed by atoms with Gasteiger partial charge in [0, 0.05) is 26.2 Å². The molecule has 1 aromatic rings. The number of amides is 1. The SMILES string of the molecule is CS(=O)(=O)N1CCC(c2cccc(OCC3CCN(C(=O)O)CC3)c2)CC1. The summed E-state index contributed by atoms with van der Waals surface area (Å²) < 4.78 is 30.8. The molecule has 0 bridgehead atoms. The Morgan fingerprint density at radius 2 is 1.81 bits per heavy atom. The molecule has 2 aliphatic rings. The lowest BCUT2D eigenvalue weighted by Gasteiger charge is -2.31. The largest absolute Gasteiger partial charge is 0.493 e. The molecule has 1 aromatic carbocycles. The molecule has 8 heteroatoms. The van der Waals surface area contributed by atoms with Gasteiger partial charge in [0.25, 0.3) is 0 Å². The van der Waals surface area contributed by atoms with Crippen LogP contribution in [-0.2, 0) is 10.0 Å². The smallest absolute Gasteiger partial charge is 0.407 e. The second-order valence-electron chi connectivity index (χ2n) is 7.53. The van der Waals surface area contributed by atoms with Crippen LogP contribution in [0.5, 0.6) is 5.75 Å². The van der Waals surface area contributed by atoms with Crippen LogP contribution in [0, 0.1) is 5.92 Å². The number of carboxylic acid groups (broad SMARTS) is 1. The summed E-state index contributed by atoms with van der Waals surface area (Å²) in [6.45, 7) is 2.88. The lowest BCUT2D eigenvalue weighted by Crippen LogP contribution is -2.38. The van der Waals surface area contributed by atoms with Gasteiger partial charge in [-0.3, -0.25) is 0 Å². The van der Waals surface area contributed by atoms with E-state index in [4.69, 9.17) is 9.84 Å². The number of likely N-dealkylation sites (tertiary alicyclic amines) is 1. The molecular formula is C19H28N2O5S. The summed E-state index contributed by atoms with van der Waals surface area (Å²) in [6.07, 6.45) is 3.73. The normalized spacial score (nSPS) is 20.6. The van der Waals surface area contributed by atoms with Crippen LogP contribution < -0.4 is 4.74 Å². The minimum Gasteiger partial charge on any atom is -0.493 e. The van der Waals surface area contributed by atoms with Crippen LogP contribution in [0.4, 0.5) is 4.79 Å². The number of benzene rings is 1. The van der Waals surface area contributed by atoms with Gasteiger partial charge in [0.05, 0.1) is 12.9 Å². The molecule has 0 radical (unpaired) electrons. The fourth-order valence-electron chi connectivity index (χ4n) is 3.88. The first-order chi connectivity index (χ1) is 12.8. The molecule has 1 amide bonds. The first-order valence-electron chi connectivity index (χ1n) is 9.48. The van der Waals surface area contributed by atoms with Crippen LogP contribution >= 0.6 is 0 Å². The first-order valence-corrected chi connectivity index (χ1v) is 11.3. The Morgan fingerprint density at radius 1 is 1.15 bits per heavy atom. The third kappa shape index (κ3) is 5.35. The molecule has 0 unspecified atom stereocenters. The summed E-state index contributed by atoms with van der Waals surface area (Å²) in [4.78, 5) is 12.4. The Balaban J connectivity index is 1.50. The third-order valence-electron chi connectivity index (χ3n) is 5.62. The molecule has 0 aromatic heterocycles. The van der Waals surface area contributed by atoms with Crippen molar-refractivity contribution in [3.05, 3.63) is 29.8 Å². The highest BCUT2D eigenvalue weighted by atomic mass is 32.2. The Bertz CT molecular complexity index is 751. The van der Waals surface area contributed by atoms with Gasteiger partial charge in [-0.25, -0.2) is 17.5 Å². The fourth-order valence-corrected chi connectivity index (χ4v) is 4.76. The van der Waals surface area contributed by atoms with E-state index in [2.05, 4.69) is 12.1 Å². The lowest BCUT2D eigenvalue weighted by atomic mass is 9.90. The summed E-state index contributed by atoms with van der Waals surface area (Å²) in [5.74, 6) is 1.56. The zero-order valence-corrected chi connectivity index (χ0v) is 16.5. The number of rotatable bonds is 5. The molecule has 1 N–H and O–H groups in total. The Morgan fingerprint density at radius 3 is 2.41 bits per heavy atom. The second kappa shape index (κ2) is 8.48. The van der Waals surface area contributed by atoms with Crippen molar-refractivity contribution in [3.8, 4) is 5.75 Å². The van der Waals surface area contributed by atoms with Gasteiger partial charge >= 0.3 is 6.09 Å². The Labute approximate surface area is 161 Å². The number of hydrogen-bond donors (Lipinski definition) is 1. The lowest BCUT2D eigenvalue weighted by molar-refractivity contribution is 0.111. The van der Waals surface area contributed by atoms with E-state index in [0.717, 1.165) is 31.4 Å². The minimum absolute atomic E-state index is 0.352. The maximum Gasteiger partial charge on any atom is 0.407 e. The summed E-state index contributed by atoms with van der Waals surface area (Å²) in [5.41, 5.74) is 1.20. The number of hydrogen-bond acceptors (Lipinski definition) is 4. The molecule has 2 aliphatic heterocycles. The summed E-state index contributed by atoms with van der Waals surface area (Å²) in [5, 5.41) is 9.01. The van der Waals surface area contributed by atoms with Gasteiger partial charge in [-0.1, -0.05) is 12.1 Å². The van der Waals surface area contributed by atoms with E-state index in [9.17, 15) is 13.2 Å². The number of carbonyl (C=O) groups is 1. The molecule has 0 saturated carbocycles. The van der Waals surface area contributed by atoms with Crippen molar-refractivity contribution in [1.29, 1.82) is 0 Å². The molecule has 0 spiro atoms. The maximum atomic E-state index is 11.6. The first kappa shape index (κ1) is 19.9. The minimum atomic E-state index is -3.10. The summed E-state index contributed by atoms with van der Waals surface area (Å²) >= 11 is 0. The van der Waals surface area contributed by atoms with Crippen molar-refractivity contribution >= 4 is 16.1 Å². The predicted molar refractivity (Wildman–Crippen MR) is 103 cm³/mol. The zero-order valence-electron chi connectivity index (χ0n) is 15.7. The average Bonchev–Trinajstić information content (AvgIpc) is 2.66. The molecule has 3 rings (SSSR count). The Hall–Kier alpha value is -1.80. The molecular weight excluding hydrogens is 368 g/mol. The molecule has 2 heterocycles. The van der Waals surface area contributed by atoms with E-state index in [-0.39, 0.29) is 0 Å². The highest BCUT2D eigenvalue weighted by Crippen LogP contribution is 2.31. The van der Waals surface area contributed by atoms with Gasteiger partial charge in [-0.05, 0) is 55.2 Å². The maximum absolute atomic E-state index is 11.6. The van der Waals surface area contributed by atoms with Crippen LogP contribution in [0.3, 0.4) is 0 Å². The molecule has 2 fully saturated rings. The quantitative estimate of drug-likeness (QED) is 0.827. The molecule has 0 aliphatic carbocycles. The van der Waals surface area contributed by atoms with Crippen molar-refractivity contribution < 1.29 is 23.1 Å². The average molecular weight is 397 g/mol. The van der Waals surface area contributed by atoms with Gasteiger partial charge in [0.1, 0.15) is 5.75 Å². The second-order valence-corrected chi connectivity index (χ2v) is 9.52. The number of nitrogens with zero attached hydrogens (tertiary/aromatic N) is 2. The molecule has 150 valence electrons. The van der Waals surface area contributed by atoms with E-state index in [1.165, 1.54) is 16.7 Å². The molecule has 2 saturated heterocycles. The Kier molecular flexibility index (Phi) is 6.26. The van der Waals surface area contributed by atoms with E-state index in [1.807, 2.05) is 12.1 Å². The third-order valence-corrected chi connectivity index (χ3v) is 6.93. The van der Waals surface area contributed by atoms with Gasteiger partial charge in [0.15, 0.2) is 0 Å². The fraction of sp³-hybridized carbons (Fsp3) is 0.632. The number of sulfonamides is 1. The highest BCUT2D eigenvalue weighted by molar-refractivity contribution is 7.88. The topological polar surface area (TPSA) is 87.2 Å². The van der Waals surface area contributed by atoms with Crippen LogP contribution in [0.15, 0.2) is 24.3 Å². The van der Waals surface area contributed by atoms with E-state index < -0.39 is 16.1 Å². The van der Waals surface area contributed by atoms with Crippen LogP contribution in [0.1, 0.15) is 37.2 Å². The zero-order chi connectivity index (χ0) is 19.4. The van der Waals surface area contributed by atoms with E-state index in [1.54, 1.807) is 4.31 Å². The van der Waals surface area contributed by atoms with Gasteiger partial charge < -0.3 is 14.7 Å². The van der Waals surface area contributed by atoms with Crippen LogP contribution in [0.25, 0.3) is 0 Å². The summed E-state index contributed by atoms with van der Waals surface area (Å²) in [6, 6.07) is 8.08.